The van der Waals surface area contributed by atoms with Crippen LogP contribution in [0.4, 0.5) is 0 Å². The molecule has 2 aromatic carbocycles. The van der Waals surface area contributed by atoms with E-state index in [0.29, 0.717) is 0 Å². The summed E-state index contributed by atoms with van der Waals surface area (Å²) in [6.07, 6.45) is 1.12. The van der Waals surface area contributed by atoms with Gasteiger partial charge in [0.2, 0.25) is 0 Å². The fourth-order valence-corrected chi connectivity index (χ4v) is 3.07. The van der Waals surface area contributed by atoms with Crippen molar-refractivity contribution in [1.82, 2.24) is 5.32 Å². The fourth-order valence-electron chi connectivity index (χ4n) is 2.21. The van der Waals surface area contributed by atoms with Gasteiger partial charge in [-0.2, -0.15) is 0 Å². The molecule has 0 bridgehead atoms. The van der Waals surface area contributed by atoms with Gasteiger partial charge in [0, 0.05) is 15.5 Å². The van der Waals surface area contributed by atoms with Crippen LogP contribution in [-0.2, 0) is 0 Å². The molecule has 1 nitrogen and oxygen atoms in total. The van der Waals surface area contributed by atoms with Crippen molar-refractivity contribution in [3.63, 3.8) is 0 Å². The maximum Gasteiger partial charge on any atom is 0.0459 e. The molecule has 3 heteroatoms. The highest BCUT2D eigenvalue weighted by Gasteiger charge is 2.11. The van der Waals surface area contributed by atoms with Gasteiger partial charge in [0.05, 0.1) is 0 Å². The summed E-state index contributed by atoms with van der Waals surface area (Å²) in [6, 6.07) is 14.7. The molecule has 0 aliphatic rings. The molecular formula is C17H19BrClN. The average molecular weight is 353 g/mol. The van der Waals surface area contributed by atoms with Crippen LogP contribution >= 0.6 is 27.5 Å². The summed E-state index contributed by atoms with van der Waals surface area (Å²) in [5, 5.41) is 4.28. The fraction of sp³-hybridized carbons (Fsp3) is 0.294. The monoisotopic (exact) mass is 351 g/mol. The topological polar surface area (TPSA) is 12.0 Å². The van der Waals surface area contributed by atoms with Crippen molar-refractivity contribution in [1.29, 1.82) is 0 Å². The van der Waals surface area contributed by atoms with Crippen molar-refractivity contribution < 1.29 is 0 Å². The second kappa shape index (κ2) is 7.26. The Morgan fingerprint density at radius 2 is 1.95 bits per heavy atom. The summed E-state index contributed by atoms with van der Waals surface area (Å²) in [7, 11) is 0. The Morgan fingerprint density at radius 3 is 2.60 bits per heavy atom. The van der Waals surface area contributed by atoms with E-state index in [9.17, 15) is 0 Å². The third-order valence-corrected chi connectivity index (χ3v) is 4.37. The molecule has 1 atom stereocenters. The normalized spacial score (nSPS) is 12.4. The van der Waals surface area contributed by atoms with Crippen molar-refractivity contribution in [2.75, 3.05) is 6.54 Å². The summed E-state index contributed by atoms with van der Waals surface area (Å²) >= 11 is 10.0. The highest BCUT2D eigenvalue weighted by molar-refractivity contribution is 9.10. The molecule has 2 rings (SSSR count). The number of nitrogens with one attached hydrogen (secondary N) is 1. The second-order valence-corrected chi connectivity index (χ2v) is 6.15. The van der Waals surface area contributed by atoms with Crippen LogP contribution in [-0.4, -0.2) is 6.54 Å². The molecule has 0 radical (unpaired) electrons. The van der Waals surface area contributed by atoms with Gasteiger partial charge in [-0.3, -0.25) is 0 Å². The Hall–Kier alpha value is -0.830. The molecule has 0 aliphatic carbocycles. The van der Waals surface area contributed by atoms with E-state index >= 15 is 0 Å². The summed E-state index contributed by atoms with van der Waals surface area (Å²) < 4.78 is 1.08. The number of hydrogen-bond donors (Lipinski definition) is 1. The number of rotatable bonds is 5. The molecule has 20 heavy (non-hydrogen) atoms. The van der Waals surface area contributed by atoms with Gasteiger partial charge in [0.15, 0.2) is 0 Å². The minimum Gasteiger partial charge on any atom is -0.310 e. The van der Waals surface area contributed by atoms with Gasteiger partial charge in [-0.25, -0.2) is 0 Å². The predicted molar refractivity (Wildman–Crippen MR) is 91.3 cm³/mol. The molecule has 0 spiro atoms. The van der Waals surface area contributed by atoms with Crippen LogP contribution in [0, 0.1) is 0 Å². The lowest BCUT2D eigenvalue weighted by Crippen LogP contribution is -2.19. The van der Waals surface area contributed by atoms with E-state index in [0.717, 1.165) is 39.2 Å². The SMILES string of the molecule is CCCNC(C)c1ccc(-c2ccccc2Br)cc1Cl. The quantitative estimate of drug-likeness (QED) is 0.714. The molecule has 0 saturated carbocycles. The van der Waals surface area contributed by atoms with Crippen LogP contribution in [0.25, 0.3) is 11.1 Å². The summed E-state index contributed by atoms with van der Waals surface area (Å²) in [5.41, 5.74) is 3.44. The van der Waals surface area contributed by atoms with E-state index in [2.05, 4.69) is 53.3 Å². The molecule has 2 aromatic rings. The van der Waals surface area contributed by atoms with Gasteiger partial charge in [0.1, 0.15) is 0 Å². The maximum absolute atomic E-state index is 6.45. The van der Waals surface area contributed by atoms with Crippen LogP contribution in [0.3, 0.4) is 0 Å². The average Bonchev–Trinajstić information content (AvgIpc) is 2.45. The van der Waals surface area contributed by atoms with Crippen molar-refractivity contribution in [2.45, 2.75) is 26.3 Å². The van der Waals surface area contributed by atoms with E-state index in [1.165, 1.54) is 0 Å². The maximum atomic E-state index is 6.45. The first-order valence-corrected chi connectivity index (χ1v) is 8.08. The Balaban J connectivity index is 2.28. The van der Waals surface area contributed by atoms with E-state index in [4.69, 9.17) is 11.6 Å². The van der Waals surface area contributed by atoms with Gasteiger partial charge in [0.25, 0.3) is 0 Å². The van der Waals surface area contributed by atoms with Crippen LogP contribution in [0.15, 0.2) is 46.9 Å². The summed E-state index contributed by atoms with van der Waals surface area (Å²) in [4.78, 5) is 0. The number of hydrogen-bond acceptors (Lipinski definition) is 1. The van der Waals surface area contributed by atoms with E-state index < -0.39 is 0 Å². The minimum atomic E-state index is 0.274. The van der Waals surface area contributed by atoms with Crippen molar-refractivity contribution in [3.05, 3.63) is 57.5 Å². The molecule has 0 fully saturated rings. The zero-order chi connectivity index (χ0) is 14.5. The molecule has 0 aromatic heterocycles. The van der Waals surface area contributed by atoms with Crippen molar-refractivity contribution in [2.24, 2.45) is 0 Å². The molecule has 1 N–H and O–H groups in total. The first-order valence-electron chi connectivity index (χ1n) is 6.91. The van der Waals surface area contributed by atoms with E-state index in [1.54, 1.807) is 0 Å². The molecular weight excluding hydrogens is 334 g/mol. The zero-order valence-electron chi connectivity index (χ0n) is 11.8. The predicted octanol–water partition coefficient (Wildman–Crippen LogP) is 5.83. The first-order chi connectivity index (χ1) is 9.63. The Labute approximate surface area is 134 Å². The van der Waals surface area contributed by atoms with Gasteiger partial charge in [-0.1, -0.05) is 64.8 Å². The highest BCUT2D eigenvalue weighted by atomic mass is 79.9. The first kappa shape index (κ1) is 15.6. The van der Waals surface area contributed by atoms with Gasteiger partial charge in [-0.05, 0) is 48.7 Å². The Kier molecular flexibility index (Phi) is 5.64. The van der Waals surface area contributed by atoms with Crippen LogP contribution < -0.4 is 5.32 Å². The zero-order valence-corrected chi connectivity index (χ0v) is 14.1. The number of halogens is 2. The summed E-state index contributed by atoms with van der Waals surface area (Å²) in [5.74, 6) is 0. The third kappa shape index (κ3) is 3.63. The van der Waals surface area contributed by atoms with E-state index in [1.807, 2.05) is 24.3 Å². The second-order valence-electron chi connectivity index (χ2n) is 4.89. The van der Waals surface area contributed by atoms with Crippen LogP contribution in [0.5, 0.6) is 0 Å². The van der Waals surface area contributed by atoms with Crippen LogP contribution in [0.1, 0.15) is 31.9 Å². The lowest BCUT2D eigenvalue weighted by molar-refractivity contribution is 0.571. The van der Waals surface area contributed by atoms with E-state index in [-0.39, 0.29) is 6.04 Å². The molecule has 106 valence electrons. The van der Waals surface area contributed by atoms with Crippen molar-refractivity contribution >= 4 is 27.5 Å². The largest absolute Gasteiger partial charge is 0.310 e. The minimum absolute atomic E-state index is 0.274. The van der Waals surface area contributed by atoms with Gasteiger partial charge < -0.3 is 5.32 Å². The molecule has 1 unspecified atom stereocenters. The summed E-state index contributed by atoms with van der Waals surface area (Å²) in [6.45, 7) is 5.32. The van der Waals surface area contributed by atoms with Gasteiger partial charge >= 0.3 is 0 Å². The molecule has 0 aliphatic heterocycles. The smallest absolute Gasteiger partial charge is 0.0459 e. The Morgan fingerprint density at radius 1 is 1.20 bits per heavy atom. The van der Waals surface area contributed by atoms with Crippen LogP contribution in [0.2, 0.25) is 5.02 Å². The lowest BCUT2D eigenvalue weighted by Gasteiger charge is -2.16. The van der Waals surface area contributed by atoms with Crippen molar-refractivity contribution in [3.8, 4) is 11.1 Å². The molecule has 0 heterocycles. The highest BCUT2D eigenvalue weighted by Crippen LogP contribution is 2.32. The molecule has 0 amide bonds. The Bertz CT molecular complexity index is 583. The number of benzene rings is 2. The molecule has 0 saturated heterocycles. The van der Waals surface area contributed by atoms with Gasteiger partial charge in [-0.15, -0.1) is 0 Å². The standard InChI is InChI=1S/C17H19BrClN/c1-3-10-20-12(2)14-9-8-13(11-17(14)19)15-6-4-5-7-16(15)18/h4-9,11-12,20H,3,10H2,1-2H3. The third-order valence-electron chi connectivity index (χ3n) is 3.35. The lowest BCUT2D eigenvalue weighted by atomic mass is 10.0.